The fourth-order valence-electron chi connectivity index (χ4n) is 5.12. The molecule has 0 radical (unpaired) electrons. The van der Waals surface area contributed by atoms with E-state index in [2.05, 4.69) is 41.8 Å². The number of ether oxygens (including phenoxy) is 1. The van der Waals surface area contributed by atoms with E-state index < -0.39 is 17.5 Å². The highest BCUT2D eigenvalue weighted by Crippen LogP contribution is 2.44. The number of unbranched alkanes of at least 4 members (excludes halogenated alkanes) is 1. The number of carbonyl (C=O) groups excluding carboxylic acids is 2. The maximum atomic E-state index is 12.7. The smallest absolute Gasteiger partial charge is 0.407 e. The highest BCUT2D eigenvalue weighted by molar-refractivity contribution is 5.81. The first-order valence-corrected chi connectivity index (χ1v) is 12.5. The van der Waals surface area contributed by atoms with Crippen molar-refractivity contribution in [3.63, 3.8) is 0 Å². The fraction of sp³-hybridized carbons (Fsp3) is 0.464. The first-order valence-electron chi connectivity index (χ1n) is 12.5. The van der Waals surface area contributed by atoms with E-state index in [4.69, 9.17) is 4.74 Å². The Hall–Kier alpha value is -3.35. The van der Waals surface area contributed by atoms with E-state index in [1.54, 1.807) is 0 Å². The van der Waals surface area contributed by atoms with E-state index in [0.717, 1.165) is 30.4 Å². The third kappa shape index (κ3) is 5.50. The van der Waals surface area contributed by atoms with Crippen LogP contribution in [0.25, 0.3) is 11.1 Å². The fourth-order valence-corrected chi connectivity index (χ4v) is 5.12. The third-order valence-corrected chi connectivity index (χ3v) is 7.39. The molecule has 35 heavy (non-hydrogen) atoms. The van der Waals surface area contributed by atoms with Gasteiger partial charge in [0.1, 0.15) is 6.61 Å². The molecule has 0 aliphatic heterocycles. The molecule has 2 aromatic rings. The van der Waals surface area contributed by atoms with E-state index in [0.29, 0.717) is 19.3 Å². The molecule has 1 fully saturated rings. The third-order valence-electron chi connectivity index (χ3n) is 7.39. The molecular formula is C28H34N2O5. The summed E-state index contributed by atoms with van der Waals surface area (Å²) in [7, 11) is 0. The Labute approximate surface area is 206 Å². The summed E-state index contributed by atoms with van der Waals surface area (Å²) in [6.45, 7) is 2.40. The van der Waals surface area contributed by atoms with Crippen LogP contribution in [-0.4, -0.2) is 42.3 Å². The van der Waals surface area contributed by atoms with Gasteiger partial charge in [-0.3, -0.25) is 9.59 Å². The quantitative estimate of drug-likeness (QED) is 0.428. The van der Waals surface area contributed by atoms with Gasteiger partial charge in [-0.1, -0.05) is 74.7 Å². The molecule has 0 spiro atoms. The summed E-state index contributed by atoms with van der Waals surface area (Å²) < 4.78 is 5.64. The number of carbonyl (C=O) groups is 3. The van der Waals surface area contributed by atoms with Gasteiger partial charge < -0.3 is 20.5 Å². The molecule has 0 unspecified atom stereocenters. The summed E-state index contributed by atoms with van der Waals surface area (Å²) in [4.78, 5) is 36.8. The van der Waals surface area contributed by atoms with Gasteiger partial charge in [0, 0.05) is 24.9 Å². The van der Waals surface area contributed by atoms with Crippen LogP contribution in [0.2, 0.25) is 0 Å². The molecule has 2 amide bonds. The minimum Gasteiger partial charge on any atom is -0.481 e. The van der Waals surface area contributed by atoms with Gasteiger partial charge in [-0.15, -0.1) is 0 Å². The Morgan fingerprint density at radius 3 is 2.23 bits per heavy atom. The second-order valence-electron chi connectivity index (χ2n) is 9.73. The second-order valence-corrected chi connectivity index (χ2v) is 9.73. The van der Waals surface area contributed by atoms with Crippen LogP contribution in [0.5, 0.6) is 0 Å². The summed E-state index contributed by atoms with van der Waals surface area (Å²) in [5, 5.41) is 15.1. The average Bonchev–Trinajstić information content (AvgIpc) is 3.14. The highest BCUT2D eigenvalue weighted by Gasteiger charge is 2.44. The number of nitrogens with one attached hydrogen (secondary N) is 2. The minimum absolute atomic E-state index is 0.0276. The average molecular weight is 479 g/mol. The molecule has 0 bridgehead atoms. The van der Waals surface area contributed by atoms with Gasteiger partial charge in [-0.25, -0.2) is 4.79 Å². The molecular weight excluding hydrogens is 444 g/mol. The number of alkyl carbamates (subject to hydrolysis) is 1. The molecule has 0 heterocycles. The number of fused-ring (bicyclic) bond motifs is 3. The first-order chi connectivity index (χ1) is 16.9. The van der Waals surface area contributed by atoms with Gasteiger partial charge in [0.2, 0.25) is 5.91 Å². The molecule has 2 aromatic carbocycles. The lowest BCUT2D eigenvalue weighted by Gasteiger charge is -2.37. The van der Waals surface area contributed by atoms with E-state index in [1.807, 2.05) is 24.3 Å². The van der Waals surface area contributed by atoms with Crippen molar-refractivity contribution in [3.05, 3.63) is 59.7 Å². The zero-order valence-corrected chi connectivity index (χ0v) is 20.2. The van der Waals surface area contributed by atoms with Gasteiger partial charge in [-0.2, -0.15) is 0 Å². The lowest BCUT2D eigenvalue weighted by molar-refractivity contribution is -0.154. The van der Waals surface area contributed by atoms with Crippen molar-refractivity contribution < 1.29 is 24.2 Å². The van der Waals surface area contributed by atoms with E-state index in [1.165, 1.54) is 11.1 Å². The number of rotatable bonds is 11. The number of hydrogen-bond acceptors (Lipinski definition) is 4. The van der Waals surface area contributed by atoms with E-state index in [9.17, 15) is 19.5 Å². The SMILES string of the molecule is CCCC[C@H](CC(=O)NCC1(C(=O)O)CCC1)NC(=O)OCC1c2ccccc2-c2ccccc21. The molecule has 7 heteroatoms. The molecule has 7 nitrogen and oxygen atoms in total. The molecule has 186 valence electrons. The second kappa shape index (κ2) is 10.9. The van der Waals surface area contributed by atoms with Gasteiger partial charge in [0.05, 0.1) is 5.41 Å². The standard InChI is InChI=1S/C28H34N2O5/c1-2-3-9-19(16-25(31)29-18-28(26(32)33)14-8-15-28)30-27(34)35-17-24-22-12-6-4-10-20(22)21-11-5-7-13-23(21)24/h4-7,10-13,19,24H,2-3,8-9,14-18H2,1H3,(H,29,31)(H,30,34)(H,32,33)/t19-/m1/s1. The van der Waals surface area contributed by atoms with Crippen LogP contribution in [0, 0.1) is 5.41 Å². The Balaban J connectivity index is 1.32. The number of benzene rings is 2. The first kappa shape index (κ1) is 24.8. The molecule has 0 saturated heterocycles. The number of aliphatic carboxylic acids is 1. The van der Waals surface area contributed by atoms with Gasteiger partial charge in [0.25, 0.3) is 0 Å². The summed E-state index contributed by atoms with van der Waals surface area (Å²) in [5.41, 5.74) is 3.79. The number of amides is 2. The molecule has 4 rings (SSSR count). The molecule has 1 atom stereocenters. The maximum Gasteiger partial charge on any atom is 0.407 e. The predicted octanol–water partition coefficient (Wildman–Crippen LogP) is 4.85. The van der Waals surface area contributed by atoms with Crippen LogP contribution >= 0.6 is 0 Å². The van der Waals surface area contributed by atoms with Crippen molar-refractivity contribution in [1.29, 1.82) is 0 Å². The summed E-state index contributed by atoms with van der Waals surface area (Å²) >= 11 is 0. The van der Waals surface area contributed by atoms with Crippen LogP contribution in [0.4, 0.5) is 4.79 Å². The van der Waals surface area contributed by atoms with Gasteiger partial charge >= 0.3 is 12.1 Å². The van der Waals surface area contributed by atoms with Crippen LogP contribution in [-0.2, 0) is 14.3 Å². The molecule has 2 aliphatic carbocycles. The maximum absolute atomic E-state index is 12.7. The van der Waals surface area contributed by atoms with Crippen molar-refractivity contribution in [3.8, 4) is 11.1 Å². The van der Waals surface area contributed by atoms with Gasteiger partial charge in [-0.05, 0) is 41.5 Å². The molecule has 3 N–H and O–H groups in total. The predicted molar refractivity (Wildman–Crippen MR) is 133 cm³/mol. The zero-order chi connectivity index (χ0) is 24.8. The van der Waals surface area contributed by atoms with Crippen molar-refractivity contribution in [2.24, 2.45) is 5.41 Å². The van der Waals surface area contributed by atoms with Crippen LogP contribution in [0.3, 0.4) is 0 Å². The van der Waals surface area contributed by atoms with E-state index in [-0.39, 0.29) is 37.4 Å². The zero-order valence-electron chi connectivity index (χ0n) is 20.2. The normalized spacial score (nSPS) is 16.4. The summed E-state index contributed by atoms with van der Waals surface area (Å²) in [6.07, 6.45) is 4.04. The summed E-state index contributed by atoms with van der Waals surface area (Å²) in [6, 6.07) is 16.0. The van der Waals surface area contributed by atoms with Crippen LogP contribution in [0.15, 0.2) is 48.5 Å². The van der Waals surface area contributed by atoms with Crippen molar-refractivity contribution in [2.45, 2.75) is 63.8 Å². The van der Waals surface area contributed by atoms with Crippen molar-refractivity contribution >= 4 is 18.0 Å². The monoisotopic (exact) mass is 478 g/mol. The summed E-state index contributed by atoms with van der Waals surface area (Å²) in [5.74, 6) is -1.14. The Kier molecular flexibility index (Phi) is 7.73. The highest BCUT2D eigenvalue weighted by atomic mass is 16.5. The van der Waals surface area contributed by atoms with Crippen LogP contribution < -0.4 is 10.6 Å². The molecule has 1 saturated carbocycles. The Morgan fingerprint density at radius 1 is 1.06 bits per heavy atom. The molecule has 2 aliphatic rings. The number of carboxylic acids is 1. The lowest BCUT2D eigenvalue weighted by atomic mass is 9.69. The van der Waals surface area contributed by atoms with Gasteiger partial charge in [0.15, 0.2) is 0 Å². The Morgan fingerprint density at radius 2 is 1.69 bits per heavy atom. The van der Waals surface area contributed by atoms with Crippen LogP contribution in [0.1, 0.15) is 68.9 Å². The van der Waals surface area contributed by atoms with Crippen molar-refractivity contribution in [1.82, 2.24) is 10.6 Å². The number of carboxylic acid groups (broad SMARTS) is 1. The topological polar surface area (TPSA) is 105 Å². The molecule has 0 aromatic heterocycles. The number of hydrogen-bond donors (Lipinski definition) is 3. The van der Waals surface area contributed by atoms with Crippen molar-refractivity contribution in [2.75, 3.05) is 13.2 Å². The van der Waals surface area contributed by atoms with E-state index >= 15 is 0 Å². The minimum atomic E-state index is -0.858. The Bertz CT molecular complexity index is 1030. The lowest BCUT2D eigenvalue weighted by Crippen LogP contribution is -2.48. The largest absolute Gasteiger partial charge is 0.481 e.